The zero-order chi connectivity index (χ0) is 22.7. The molecular formula is C21H26F3N7O. The summed E-state index contributed by atoms with van der Waals surface area (Å²) in [4.78, 5) is 14.2. The van der Waals surface area contributed by atoms with Gasteiger partial charge >= 0.3 is 12.2 Å². The molecule has 1 aliphatic heterocycles. The highest BCUT2D eigenvalue weighted by atomic mass is 19.4. The highest BCUT2D eigenvalue weighted by Gasteiger charge is 2.36. The van der Waals surface area contributed by atoms with Gasteiger partial charge in [0, 0.05) is 25.7 Å². The van der Waals surface area contributed by atoms with Gasteiger partial charge in [-0.25, -0.2) is 14.5 Å². The van der Waals surface area contributed by atoms with Gasteiger partial charge in [-0.05, 0) is 37.3 Å². The van der Waals surface area contributed by atoms with Gasteiger partial charge in [0.25, 0.3) is 0 Å². The Labute approximate surface area is 183 Å². The van der Waals surface area contributed by atoms with E-state index in [9.17, 15) is 13.2 Å². The highest BCUT2D eigenvalue weighted by Crippen LogP contribution is 2.37. The smallest absolute Gasteiger partial charge is 0.419 e. The van der Waals surface area contributed by atoms with Crippen molar-refractivity contribution in [2.24, 2.45) is 0 Å². The molecule has 0 bridgehead atoms. The first-order valence-electron chi connectivity index (χ1n) is 10.8. The minimum atomic E-state index is -4.50. The van der Waals surface area contributed by atoms with Gasteiger partial charge in [-0.15, -0.1) is 5.10 Å². The number of ether oxygens (including phenoxy) is 1. The van der Waals surface area contributed by atoms with Crippen LogP contribution in [-0.4, -0.2) is 44.3 Å². The van der Waals surface area contributed by atoms with Gasteiger partial charge < -0.3 is 15.4 Å². The number of nitrogen functional groups attached to an aromatic ring is 1. The molecule has 172 valence electrons. The van der Waals surface area contributed by atoms with Gasteiger partial charge in [0.1, 0.15) is 5.82 Å². The first kappa shape index (κ1) is 22.1. The molecule has 3 aromatic rings. The Kier molecular flexibility index (Phi) is 6.33. The normalized spacial score (nSPS) is 14.8. The van der Waals surface area contributed by atoms with Crippen molar-refractivity contribution < 1.29 is 17.9 Å². The van der Waals surface area contributed by atoms with Crippen molar-refractivity contribution in [1.82, 2.24) is 24.6 Å². The van der Waals surface area contributed by atoms with Crippen molar-refractivity contribution in [3.05, 3.63) is 35.3 Å². The second-order valence-electron chi connectivity index (χ2n) is 7.90. The lowest BCUT2D eigenvalue weighted by Crippen LogP contribution is -2.32. The minimum Gasteiger partial charge on any atom is -0.462 e. The number of unbranched alkanes of at least 4 members (excludes halogenated alkanes) is 1. The maximum Gasteiger partial charge on any atom is 0.419 e. The van der Waals surface area contributed by atoms with Crippen LogP contribution in [0.15, 0.2) is 18.5 Å². The number of hydrogen-bond acceptors (Lipinski definition) is 7. The van der Waals surface area contributed by atoms with Crippen LogP contribution in [0, 0.1) is 0 Å². The molecule has 0 spiro atoms. The molecule has 0 aliphatic carbocycles. The van der Waals surface area contributed by atoms with Crippen LogP contribution in [0.4, 0.5) is 24.8 Å². The van der Waals surface area contributed by atoms with E-state index in [2.05, 4.69) is 20.1 Å². The molecule has 1 aliphatic rings. The monoisotopic (exact) mass is 449 g/mol. The average molecular weight is 449 g/mol. The summed E-state index contributed by atoms with van der Waals surface area (Å²) in [5.41, 5.74) is 6.55. The van der Waals surface area contributed by atoms with E-state index >= 15 is 0 Å². The van der Waals surface area contributed by atoms with Crippen molar-refractivity contribution in [3.63, 3.8) is 0 Å². The number of anilines is 2. The van der Waals surface area contributed by atoms with Crippen LogP contribution in [0.3, 0.4) is 0 Å². The molecule has 32 heavy (non-hydrogen) atoms. The van der Waals surface area contributed by atoms with E-state index in [1.807, 2.05) is 6.92 Å². The number of aromatic nitrogens is 5. The largest absolute Gasteiger partial charge is 0.462 e. The van der Waals surface area contributed by atoms with Crippen molar-refractivity contribution in [2.45, 2.75) is 51.6 Å². The molecule has 4 heterocycles. The number of alkyl halides is 3. The van der Waals surface area contributed by atoms with Crippen molar-refractivity contribution in [1.29, 1.82) is 0 Å². The number of nitrogens with zero attached hydrogens (tertiary/aromatic N) is 6. The van der Waals surface area contributed by atoms with E-state index in [1.165, 1.54) is 23.0 Å². The summed E-state index contributed by atoms with van der Waals surface area (Å²) in [7, 11) is 0. The van der Waals surface area contributed by atoms with Crippen LogP contribution in [0.1, 0.15) is 55.8 Å². The van der Waals surface area contributed by atoms with Gasteiger partial charge in [-0.1, -0.05) is 13.3 Å². The van der Waals surface area contributed by atoms with E-state index < -0.39 is 11.7 Å². The number of fused-ring (bicyclic) bond motifs is 1. The lowest BCUT2D eigenvalue weighted by molar-refractivity contribution is -0.137. The fourth-order valence-corrected chi connectivity index (χ4v) is 3.79. The summed E-state index contributed by atoms with van der Waals surface area (Å²) >= 11 is 0. The van der Waals surface area contributed by atoms with Crippen LogP contribution in [0.25, 0.3) is 5.65 Å². The van der Waals surface area contributed by atoms with Crippen LogP contribution in [0.5, 0.6) is 6.01 Å². The SMILES string of the molecule is CCCCOc1nc(N)c2ncc(Cc3cnc(N4CCCCC4)c(C(F)(F)F)c3)n2n1. The second kappa shape index (κ2) is 9.17. The Balaban J connectivity index is 1.64. The summed E-state index contributed by atoms with van der Waals surface area (Å²) < 4.78 is 48.5. The molecule has 0 amide bonds. The van der Waals surface area contributed by atoms with E-state index in [1.54, 1.807) is 4.90 Å². The van der Waals surface area contributed by atoms with Gasteiger partial charge in [0.2, 0.25) is 0 Å². The number of hydrogen-bond donors (Lipinski definition) is 1. The molecular weight excluding hydrogens is 423 g/mol. The number of halogens is 3. The molecule has 0 radical (unpaired) electrons. The van der Waals surface area contributed by atoms with Crippen LogP contribution in [0.2, 0.25) is 0 Å². The quantitative estimate of drug-likeness (QED) is 0.547. The summed E-state index contributed by atoms with van der Waals surface area (Å²) in [5, 5.41) is 4.32. The van der Waals surface area contributed by atoms with Crippen LogP contribution in [-0.2, 0) is 12.6 Å². The lowest BCUT2D eigenvalue weighted by atomic mass is 10.1. The summed E-state index contributed by atoms with van der Waals surface area (Å²) in [5.74, 6) is 0.143. The number of imidazole rings is 1. The Morgan fingerprint density at radius 3 is 2.62 bits per heavy atom. The van der Waals surface area contributed by atoms with E-state index in [-0.39, 0.29) is 24.1 Å². The molecule has 0 unspecified atom stereocenters. The maximum atomic E-state index is 13.8. The number of rotatable bonds is 7. The van der Waals surface area contributed by atoms with Gasteiger partial charge in [0.05, 0.1) is 24.1 Å². The molecule has 1 fully saturated rings. The third-order valence-electron chi connectivity index (χ3n) is 5.44. The van der Waals surface area contributed by atoms with Gasteiger partial charge in [0.15, 0.2) is 11.5 Å². The molecule has 1 saturated heterocycles. The van der Waals surface area contributed by atoms with Crippen molar-refractivity contribution >= 4 is 17.3 Å². The predicted molar refractivity (Wildman–Crippen MR) is 114 cm³/mol. The zero-order valence-electron chi connectivity index (χ0n) is 17.9. The van der Waals surface area contributed by atoms with Crippen LogP contribution >= 0.6 is 0 Å². The third-order valence-corrected chi connectivity index (χ3v) is 5.44. The molecule has 8 nitrogen and oxygen atoms in total. The van der Waals surface area contributed by atoms with Crippen LogP contribution < -0.4 is 15.4 Å². The average Bonchev–Trinajstić information content (AvgIpc) is 3.17. The van der Waals surface area contributed by atoms with Gasteiger partial charge in [-0.3, -0.25) is 0 Å². The molecule has 2 N–H and O–H groups in total. The van der Waals surface area contributed by atoms with E-state index in [0.717, 1.165) is 32.1 Å². The number of pyridine rings is 1. The second-order valence-corrected chi connectivity index (χ2v) is 7.90. The first-order valence-corrected chi connectivity index (χ1v) is 10.8. The molecule has 0 aromatic carbocycles. The highest BCUT2D eigenvalue weighted by molar-refractivity contribution is 5.60. The minimum absolute atomic E-state index is 0.00253. The summed E-state index contributed by atoms with van der Waals surface area (Å²) in [6.45, 7) is 3.65. The maximum absolute atomic E-state index is 13.8. The number of piperidine rings is 1. The first-order chi connectivity index (χ1) is 15.4. The molecule has 0 atom stereocenters. The fraction of sp³-hybridized carbons (Fsp3) is 0.524. The predicted octanol–water partition coefficient (Wildman–Crippen LogP) is 3.88. The van der Waals surface area contributed by atoms with Gasteiger partial charge in [-0.2, -0.15) is 18.2 Å². The Morgan fingerprint density at radius 2 is 1.91 bits per heavy atom. The zero-order valence-corrected chi connectivity index (χ0v) is 17.9. The molecule has 4 rings (SSSR count). The summed E-state index contributed by atoms with van der Waals surface area (Å²) in [6.07, 6.45) is 3.23. The molecule has 3 aromatic heterocycles. The number of nitrogens with two attached hydrogens (primary N) is 1. The van der Waals surface area contributed by atoms with Crippen molar-refractivity contribution in [3.8, 4) is 6.01 Å². The van der Waals surface area contributed by atoms with E-state index in [4.69, 9.17) is 10.5 Å². The molecule has 11 heteroatoms. The topological polar surface area (TPSA) is 94.5 Å². The van der Waals surface area contributed by atoms with Crippen molar-refractivity contribution in [2.75, 3.05) is 30.3 Å². The standard InChI is InChI=1S/C21H26F3N7O/c1-2-3-9-32-20-28-17(25)19-27-13-15(31(19)29-20)10-14-11-16(21(22,23)24)18(26-12-14)30-7-5-4-6-8-30/h11-13H,2-10H2,1H3,(H2,25,28,29). The Bertz CT molecular complexity index is 1080. The summed E-state index contributed by atoms with van der Waals surface area (Å²) in [6, 6.07) is 1.27. The Morgan fingerprint density at radius 1 is 1.12 bits per heavy atom. The fourth-order valence-electron chi connectivity index (χ4n) is 3.79. The lowest BCUT2D eigenvalue weighted by Gasteiger charge is -2.30. The Hall–Kier alpha value is -3.11. The molecule has 0 saturated carbocycles. The third kappa shape index (κ3) is 4.71. The van der Waals surface area contributed by atoms with E-state index in [0.29, 0.717) is 36.6 Å².